The van der Waals surface area contributed by atoms with Crippen molar-refractivity contribution in [2.45, 2.75) is 10.3 Å². The summed E-state index contributed by atoms with van der Waals surface area (Å²) < 4.78 is 0. The van der Waals surface area contributed by atoms with Crippen LogP contribution in [0.1, 0.15) is 0 Å². The van der Waals surface area contributed by atoms with Crippen molar-refractivity contribution in [3.8, 4) is 0 Å². The molecule has 0 saturated carbocycles. The Labute approximate surface area is 48.5 Å². The first-order valence-electron chi connectivity index (χ1n) is 1.48. The van der Waals surface area contributed by atoms with Crippen LogP contribution in [0.5, 0.6) is 0 Å². The van der Waals surface area contributed by atoms with E-state index in [2.05, 4.69) is 12.0 Å². The molecule has 0 unspecified atom stereocenters. The molecule has 2 heteroatoms. The van der Waals surface area contributed by atoms with Gasteiger partial charge in [0.1, 0.15) is 0 Å². The standard InChI is InChI=1S/C3H5.CH3.ClH.Pd/c1-3-2;;;/h3H,1-2H2;1H3;1H;/q;;;+1/p-1. The molecule has 6 heavy (non-hydrogen) atoms. The molecule has 0 aliphatic carbocycles. The van der Waals surface area contributed by atoms with Crippen molar-refractivity contribution < 1.29 is 15.7 Å². The van der Waals surface area contributed by atoms with Crippen LogP contribution in [0.4, 0.5) is 0 Å². The molecular formula is C4H8ClPd. The van der Waals surface area contributed by atoms with Gasteiger partial charge in [-0.2, -0.15) is 0 Å². The topological polar surface area (TPSA) is 0 Å². The molecule has 41 valence electrons. The van der Waals surface area contributed by atoms with Crippen molar-refractivity contribution in [2.75, 3.05) is 0 Å². The van der Waals surface area contributed by atoms with Crippen LogP contribution in [0.3, 0.4) is 0 Å². The molecule has 0 N–H and O–H groups in total. The second-order valence-electron chi connectivity index (χ2n) is 0.845. The Morgan fingerprint density at radius 3 is 2.50 bits per heavy atom. The van der Waals surface area contributed by atoms with E-state index in [-0.39, 0.29) is 0 Å². The summed E-state index contributed by atoms with van der Waals surface area (Å²) in [5, 5.41) is 2.06. The summed E-state index contributed by atoms with van der Waals surface area (Å²) in [6, 6.07) is 0. The van der Waals surface area contributed by atoms with E-state index >= 15 is 0 Å². The zero-order valence-corrected chi connectivity index (χ0v) is 6.00. The third kappa shape index (κ3) is 4.69. The molecule has 0 saturated heterocycles. The minimum atomic E-state index is -0.645. The van der Waals surface area contributed by atoms with Gasteiger partial charge in [0, 0.05) is 0 Å². The van der Waals surface area contributed by atoms with Crippen LogP contribution in [-0.4, -0.2) is 0 Å². The van der Waals surface area contributed by atoms with Crippen LogP contribution in [0.2, 0.25) is 10.3 Å². The van der Waals surface area contributed by atoms with Crippen molar-refractivity contribution in [3.63, 3.8) is 0 Å². The van der Waals surface area contributed by atoms with Crippen LogP contribution in [0.25, 0.3) is 0 Å². The minimum absolute atomic E-state index is 0.645. The van der Waals surface area contributed by atoms with Crippen molar-refractivity contribution in [3.05, 3.63) is 12.7 Å². The van der Waals surface area contributed by atoms with E-state index in [1.165, 1.54) is 0 Å². The van der Waals surface area contributed by atoms with Gasteiger partial charge in [0.2, 0.25) is 0 Å². The molecule has 0 atom stereocenters. The summed E-state index contributed by atoms with van der Waals surface area (Å²) in [4.78, 5) is 1.02. The quantitative estimate of drug-likeness (QED) is 0.472. The number of rotatable bonds is 2. The zero-order chi connectivity index (χ0) is 4.99. The molecule has 0 rings (SSSR count). The molecule has 0 nitrogen and oxygen atoms in total. The van der Waals surface area contributed by atoms with E-state index in [0.29, 0.717) is 0 Å². The average Bonchev–Trinajstić information content (AvgIpc) is 1.35. The molecule has 0 radical (unpaired) electrons. The second-order valence-corrected chi connectivity index (χ2v) is 6.00. The van der Waals surface area contributed by atoms with Gasteiger partial charge in [0.25, 0.3) is 0 Å². The Hall–Kier alpha value is 0.692. The van der Waals surface area contributed by atoms with Crippen LogP contribution in [0.15, 0.2) is 12.7 Å². The Kier molecular flexibility index (Phi) is 4.31. The molecule has 0 fully saturated rings. The maximum absolute atomic E-state index is 5.62. The van der Waals surface area contributed by atoms with E-state index in [1.54, 1.807) is 0 Å². The van der Waals surface area contributed by atoms with Gasteiger partial charge in [-0.15, -0.1) is 0 Å². The van der Waals surface area contributed by atoms with Gasteiger partial charge in [-0.1, -0.05) is 0 Å². The van der Waals surface area contributed by atoms with Crippen molar-refractivity contribution in [1.29, 1.82) is 0 Å². The van der Waals surface area contributed by atoms with E-state index in [4.69, 9.17) is 9.53 Å². The number of hydrogen-bond acceptors (Lipinski definition) is 0. The number of allylic oxidation sites excluding steroid dienone is 1. The summed E-state index contributed by atoms with van der Waals surface area (Å²) in [5.74, 6) is 0. The van der Waals surface area contributed by atoms with Crippen molar-refractivity contribution >= 4 is 9.53 Å². The SMILES string of the molecule is C=C[CH2][Pd]([CH3])[Cl]. The fourth-order valence-corrected chi connectivity index (χ4v) is 1.15. The van der Waals surface area contributed by atoms with Crippen molar-refractivity contribution in [1.82, 2.24) is 0 Å². The second kappa shape index (κ2) is 3.87. The molecule has 0 aliphatic heterocycles. The van der Waals surface area contributed by atoms with Gasteiger partial charge in [-0.3, -0.25) is 0 Å². The Morgan fingerprint density at radius 1 is 2.00 bits per heavy atom. The van der Waals surface area contributed by atoms with E-state index < -0.39 is 15.7 Å². The monoisotopic (exact) mass is 197 g/mol. The molecule has 0 aliphatic rings. The van der Waals surface area contributed by atoms with Crippen molar-refractivity contribution in [2.24, 2.45) is 0 Å². The van der Waals surface area contributed by atoms with Crippen LogP contribution >= 0.6 is 9.53 Å². The van der Waals surface area contributed by atoms with Gasteiger partial charge in [0.15, 0.2) is 0 Å². The van der Waals surface area contributed by atoms with E-state index in [0.717, 1.165) is 4.89 Å². The Morgan fingerprint density at radius 2 is 2.50 bits per heavy atom. The predicted molar refractivity (Wildman–Crippen MR) is 26.7 cm³/mol. The summed E-state index contributed by atoms with van der Waals surface area (Å²) >= 11 is -0.645. The van der Waals surface area contributed by atoms with Gasteiger partial charge < -0.3 is 0 Å². The number of halogens is 1. The average molecular weight is 198 g/mol. The molecule has 0 aromatic rings. The van der Waals surface area contributed by atoms with Crippen LogP contribution in [0, 0.1) is 0 Å². The molecule has 0 aromatic heterocycles. The fourth-order valence-electron chi connectivity index (χ4n) is 0.126. The summed E-state index contributed by atoms with van der Waals surface area (Å²) in [6.07, 6.45) is 1.87. The summed E-state index contributed by atoms with van der Waals surface area (Å²) in [6.45, 7) is 3.55. The Balaban J connectivity index is 2.81. The first-order valence-corrected chi connectivity index (χ1v) is 6.13. The first-order chi connectivity index (χ1) is 2.77. The van der Waals surface area contributed by atoms with Crippen LogP contribution in [-0.2, 0) is 15.7 Å². The number of hydrogen-bond donors (Lipinski definition) is 0. The molecular weight excluding hydrogens is 190 g/mol. The summed E-state index contributed by atoms with van der Waals surface area (Å²) in [5.41, 5.74) is 0. The molecule has 0 amide bonds. The van der Waals surface area contributed by atoms with E-state index in [9.17, 15) is 0 Å². The normalized spacial score (nSPS) is 10.7. The van der Waals surface area contributed by atoms with Crippen LogP contribution < -0.4 is 0 Å². The third-order valence-electron chi connectivity index (χ3n) is 0.269. The molecule has 0 heterocycles. The third-order valence-corrected chi connectivity index (χ3v) is 2.17. The molecule has 0 aromatic carbocycles. The predicted octanol–water partition coefficient (Wildman–Crippen LogP) is 2.41. The van der Waals surface area contributed by atoms with E-state index in [1.807, 2.05) is 6.08 Å². The molecule has 0 spiro atoms. The van der Waals surface area contributed by atoms with Gasteiger partial charge in [-0.05, 0) is 0 Å². The molecule has 0 bridgehead atoms. The maximum atomic E-state index is 5.62. The Bertz CT molecular complexity index is 42.8. The summed E-state index contributed by atoms with van der Waals surface area (Å²) in [7, 11) is 5.62. The zero-order valence-electron chi connectivity index (χ0n) is 3.69. The van der Waals surface area contributed by atoms with Gasteiger partial charge in [0.05, 0.1) is 0 Å². The van der Waals surface area contributed by atoms with Gasteiger partial charge >= 0.3 is 48.2 Å². The van der Waals surface area contributed by atoms with Gasteiger partial charge in [-0.25, -0.2) is 0 Å². The fraction of sp³-hybridized carbons (Fsp3) is 0.500. The first kappa shape index (κ1) is 6.69.